The highest BCUT2D eigenvalue weighted by molar-refractivity contribution is 9.10. The molecule has 100 valence electrons. The van der Waals surface area contributed by atoms with Crippen molar-refractivity contribution in [1.29, 1.82) is 0 Å². The molecule has 1 aromatic carbocycles. The first-order valence-corrected chi connectivity index (χ1v) is 6.47. The summed E-state index contributed by atoms with van der Waals surface area (Å²) in [6.45, 7) is 0. The van der Waals surface area contributed by atoms with Gasteiger partial charge < -0.3 is 14.8 Å². The van der Waals surface area contributed by atoms with E-state index in [2.05, 4.69) is 31.2 Å². The fraction of sp³-hybridized carbons (Fsp3) is 0.167. The average molecular weight is 345 g/mol. The Balaban J connectivity index is 2.38. The van der Waals surface area contributed by atoms with Crippen molar-refractivity contribution in [3.05, 3.63) is 34.2 Å². The third kappa shape index (κ3) is 3.27. The maximum absolute atomic E-state index is 6.04. The minimum Gasteiger partial charge on any atom is -0.495 e. The molecule has 1 N–H and O–H groups in total. The molecule has 7 heteroatoms. The van der Waals surface area contributed by atoms with Crippen molar-refractivity contribution >= 4 is 39.0 Å². The topological polar surface area (TPSA) is 56.3 Å². The quantitative estimate of drug-likeness (QED) is 0.858. The van der Waals surface area contributed by atoms with Gasteiger partial charge in [0.25, 0.3) is 0 Å². The summed E-state index contributed by atoms with van der Waals surface area (Å²) < 4.78 is 11.1. The normalized spacial score (nSPS) is 10.1. The minimum atomic E-state index is 0.480. The number of methoxy groups -OCH3 is 2. The van der Waals surface area contributed by atoms with Crippen LogP contribution in [0.15, 0.2) is 29.1 Å². The number of ether oxygens (including phenoxy) is 2. The molecule has 1 aromatic heterocycles. The summed E-state index contributed by atoms with van der Waals surface area (Å²) in [5.74, 6) is 1.78. The standard InChI is InChI=1S/C12H11BrClN3O2/c1-18-9-4-8(10(19-2)3-7(9)14)17-12-5-11(13)15-6-16-12/h3-6H,1-2H3,(H,15,16,17). The number of benzene rings is 1. The molecule has 2 aromatic rings. The summed E-state index contributed by atoms with van der Waals surface area (Å²) in [5, 5.41) is 3.60. The number of hydrogen-bond acceptors (Lipinski definition) is 5. The van der Waals surface area contributed by atoms with Crippen molar-refractivity contribution < 1.29 is 9.47 Å². The van der Waals surface area contributed by atoms with Gasteiger partial charge in [0.2, 0.25) is 0 Å². The van der Waals surface area contributed by atoms with Crippen molar-refractivity contribution in [2.75, 3.05) is 19.5 Å². The van der Waals surface area contributed by atoms with Gasteiger partial charge >= 0.3 is 0 Å². The van der Waals surface area contributed by atoms with E-state index in [0.29, 0.717) is 32.6 Å². The largest absolute Gasteiger partial charge is 0.495 e. The lowest BCUT2D eigenvalue weighted by molar-refractivity contribution is 0.405. The fourth-order valence-electron chi connectivity index (χ4n) is 1.50. The van der Waals surface area contributed by atoms with Gasteiger partial charge in [-0.05, 0) is 15.9 Å². The van der Waals surface area contributed by atoms with Crippen LogP contribution in [0.25, 0.3) is 0 Å². The number of halogens is 2. The molecule has 0 saturated heterocycles. The van der Waals surface area contributed by atoms with Crippen LogP contribution in [0.5, 0.6) is 11.5 Å². The molecule has 0 radical (unpaired) electrons. The summed E-state index contributed by atoms with van der Waals surface area (Å²) in [5.41, 5.74) is 0.703. The Labute approximate surface area is 124 Å². The summed E-state index contributed by atoms with van der Waals surface area (Å²) >= 11 is 9.33. The summed E-state index contributed by atoms with van der Waals surface area (Å²) in [6.07, 6.45) is 1.45. The summed E-state index contributed by atoms with van der Waals surface area (Å²) in [6, 6.07) is 5.18. The predicted molar refractivity (Wildman–Crippen MR) is 77.6 cm³/mol. The van der Waals surface area contributed by atoms with Crippen LogP contribution in [0.1, 0.15) is 0 Å². The fourth-order valence-corrected chi connectivity index (χ4v) is 2.04. The van der Waals surface area contributed by atoms with Gasteiger partial charge in [0, 0.05) is 18.2 Å². The zero-order chi connectivity index (χ0) is 13.8. The Bertz CT molecular complexity index is 595. The first-order valence-electron chi connectivity index (χ1n) is 5.30. The second-order valence-corrected chi connectivity index (χ2v) is 4.76. The highest BCUT2D eigenvalue weighted by Gasteiger charge is 2.10. The zero-order valence-electron chi connectivity index (χ0n) is 10.3. The molecular weight excluding hydrogens is 334 g/mol. The third-order valence-corrected chi connectivity index (χ3v) is 3.10. The Morgan fingerprint density at radius 3 is 2.47 bits per heavy atom. The number of aromatic nitrogens is 2. The van der Waals surface area contributed by atoms with Crippen LogP contribution >= 0.6 is 27.5 Å². The van der Waals surface area contributed by atoms with Crippen LogP contribution in [-0.2, 0) is 0 Å². The van der Waals surface area contributed by atoms with Crippen molar-refractivity contribution in [3.8, 4) is 11.5 Å². The lowest BCUT2D eigenvalue weighted by Gasteiger charge is -2.13. The first-order chi connectivity index (χ1) is 9.13. The minimum absolute atomic E-state index is 0.480. The lowest BCUT2D eigenvalue weighted by Crippen LogP contribution is -1.98. The average Bonchev–Trinajstić information content (AvgIpc) is 2.40. The molecule has 0 aliphatic carbocycles. The molecule has 0 fully saturated rings. The second-order valence-electron chi connectivity index (χ2n) is 3.54. The molecule has 0 atom stereocenters. The molecule has 0 saturated carbocycles. The second kappa shape index (κ2) is 6.08. The van der Waals surface area contributed by atoms with Crippen LogP contribution in [0, 0.1) is 0 Å². The highest BCUT2D eigenvalue weighted by atomic mass is 79.9. The van der Waals surface area contributed by atoms with E-state index in [0.717, 1.165) is 0 Å². The Hall–Kier alpha value is -1.53. The van der Waals surface area contributed by atoms with Crippen LogP contribution in [0.4, 0.5) is 11.5 Å². The predicted octanol–water partition coefficient (Wildman–Crippen LogP) is 3.65. The van der Waals surface area contributed by atoms with Gasteiger partial charge in [0.05, 0.1) is 24.9 Å². The van der Waals surface area contributed by atoms with Gasteiger partial charge in [-0.25, -0.2) is 9.97 Å². The van der Waals surface area contributed by atoms with Crippen LogP contribution in [-0.4, -0.2) is 24.2 Å². The van der Waals surface area contributed by atoms with E-state index in [-0.39, 0.29) is 0 Å². The lowest BCUT2D eigenvalue weighted by atomic mass is 10.2. The summed E-state index contributed by atoms with van der Waals surface area (Å²) in [4.78, 5) is 8.07. The molecule has 0 unspecified atom stereocenters. The zero-order valence-corrected chi connectivity index (χ0v) is 12.6. The smallest absolute Gasteiger partial charge is 0.144 e. The van der Waals surface area contributed by atoms with Crippen LogP contribution < -0.4 is 14.8 Å². The van der Waals surface area contributed by atoms with Crippen LogP contribution in [0.2, 0.25) is 5.02 Å². The van der Waals surface area contributed by atoms with Crippen molar-refractivity contribution in [2.24, 2.45) is 0 Å². The summed E-state index contributed by atoms with van der Waals surface area (Å²) in [7, 11) is 3.12. The number of hydrogen-bond donors (Lipinski definition) is 1. The number of rotatable bonds is 4. The van der Waals surface area contributed by atoms with Gasteiger partial charge in [0.1, 0.15) is 28.2 Å². The van der Waals surface area contributed by atoms with Gasteiger partial charge in [-0.3, -0.25) is 0 Å². The molecule has 0 aliphatic rings. The van der Waals surface area contributed by atoms with Crippen molar-refractivity contribution in [2.45, 2.75) is 0 Å². The maximum Gasteiger partial charge on any atom is 0.144 e. The van der Waals surface area contributed by atoms with E-state index in [1.165, 1.54) is 6.33 Å². The molecule has 0 aliphatic heterocycles. The molecule has 19 heavy (non-hydrogen) atoms. The Morgan fingerprint density at radius 2 is 1.84 bits per heavy atom. The number of nitrogens with one attached hydrogen (secondary N) is 1. The first kappa shape index (κ1) is 13.9. The number of anilines is 2. The maximum atomic E-state index is 6.04. The molecule has 0 amide bonds. The van der Waals surface area contributed by atoms with Gasteiger partial charge in [-0.1, -0.05) is 11.6 Å². The Kier molecular flexibility index (Phi) is 4.44. The van der Waals surface area contributed by atoms with Gasteiger partial charge in [-0.2, -0.15) is 0 Å². The van der Waals surface area contributed by atoms with Crippen molar-refractivity contribution in [3.63, 3.8) is 0 Å². The van der Waals surface area contributed by atoms with E-state index in [9.17, 15) is 0 Å². The highest BCUT2D eigenvalue weighted by Crippen LogP contribution is 2.37. The SMILES string of the molecule is COc1cc(Nc2cc(Br)ncn2)c(OC)cc1Cl. The van der Waals surface area contributed by atoms with Crippen LogP contribution in [0.3, 0.4) is 0 Å². The van der Waals surface area contributed by atoms with E-state index in [1.807, 2.05) is 0 Å². The molecule has 0 spiro atoms. The molecular formula is C12H11BrClN3O2. The van der Waals surface area contributed by atoms with E-state index in [1.54, 1.807) is 32.4 Å². The van der Waals surface area contributed by atoms with Crippen molar-refractivity contribution in [1.82, 2.24) is 9.97 Å². The van der Waals surface area contributed by atoms with Gasteiger partial charge in [0.15, 0.2) is 0 Å². The van der Waals surface area contributed by atoms with E-state index in [4.69, 9.17) is 21.1 Å². The Morgan fingerprint density at radius 1 is 1.11 bits per heavy atom. The number of nitrogens with zero attached hydrogens (tertiary/aromatic N) is 2. The molecule has 0 bridgehead atoms. The third-order valence-electron chi connectivity index (χ3n) is 2.37. The monoisotopic (exact) mass is 343 g/mol. The molecule has 5 nitrogen and oxygen atoms in total. The molecule has 2 rings (SSSR count). The van der Waals surface area contributed by atoms with E-state index >= 15 is 0 Å². The van der Waals surface area contributed by atoms with Gasteiger partial charge in [-0.15, -0.1) is 0 Å². The van der Waals surface area contributed by atoms with E-state index < -0.39 is 0 Å². The molecule has 1 heterocycles.